The van der Waals surface area contributed by atoms with Crippen LogP contribution < -0.4 is 0 Å². The summed E-state index contributed by atoms with van der Waals surface area (Å²) in [6.07, 6.45) is 2.91. The van der Waals surface area contributed by atoms with Crippen LogP contribution in [0, 0.1) is 5.82 Å². The summed E-state index contributed by atoms with van der Waals surface area (Å²) in [5, 5.41) is 9.75. The predicted molar refractivity (Wildman–Crippen MR) is 76.2 cm³/mol. The lowest BCUT2D eigenvalue weighted by molar-refractivity contribution is 0.0843. The average molecular weight is 279 g/mol. The van der Waals surface area contributed by atoms with Gasteiger partial charge in [-0.2, -0.15) is 0 Å². The number of Topliss-reactive ketones (excluding diaryl/α,β-unsaturated/α-hetero) is 1. The van der Waals surface area contributed by atoms with E-state index in [0.717, 1.165) is 25.8 Å². The number of β-amino-alcohol motifs (C(OH)–C–C–N with tert-alkyl or cyclic N) is 1. The van der Waals surface area contributed by atoms with Gasteiger partial charge in [-0.1, -0.05) is 6.92 Å². The van der Waals surface area contributed by atoms with E-state index in [1.54, 1.807) is 0 Å². The highest BCUT2D eigenvalue weighted by Gasteiger charge is 2.27. The molecule has 0 aromatic heterocycles. The highest BCUT2D eigenvalue weighted by Crippen LogP contribution is 2.22. The number of carbonyl (C=O) groups excluding carboxylic acids is 1. The lowest BCUT2D eigenvalue weighted by Gasteiger charge is -2.26. The number of hydrogen-bond donors (Lipinski definition) is 1. The van der Waals surface area contributed by atoms with Crippen LogP contribution >= 0.6 is 0 Å². The lowest BCUT2D eigenvalue weighted by Crippen LogP contribution is -2.37. The summed E-state index contributed by atoms with van der Waals surface area (Å²) in [5.74, 6) is -0.275. The van der Waals surface area contributed by atoms with Crippen molar-refractivity contribution in [2.75, 3.05) is 13.1 Å². The van der Waals surface area contributed by atoms with E-state index in [1.165, 1.54) is 24.3 Å². The molecule has 110 valence electrons. The second kappa shape index (κ2) is 6.95. The molecule has 1 aromatic rings. The molecule has 2 rings (SSSR count). The normalized spacial score (nSPS) is 21.1. The second-order valence-corrected chi connectivity index (χ2v) is 5.49. The quantitative estimate of drug-likeness (QED) is 0.814. The minimum Gasteiger partial charge on any atom is -0.392 e. The van der Waals surface area contributed by atoms with Gasteiger partial charge in [0.05, 0.1) is 6.10 Å². The van der Waals surface area contributed by atoms with Crippen molar-refractivity contribution >= 4 is 5.78 Å². The van der Waals surface area contributed by atoms with Gasteiger partial charge in [0.15, 0.2) is 5.78 Å². The number of aliphatic hydroxyl groups is 1. The van der Waals surface area contributed by atoms with Crippen molar-refractivity contribution in [1.29, 1.82) is 0 Å². The van der Waals surface area contributed by atoms with Gasteiger partial charge in [-0.25, -0.2) is 4.39 Å². The topological polar surface area (TPSA) is 40.5 Å². The number of likely N-dealkylation sites (tertiary alicyclic amines) is 1. The molecular weight excluding hydrogens is 257 g/mol. The molecule has 20 heavy (non-hydrogen) atoms. The zero-order valence-electron chi connectivity index (χ0n) is 11.9. The van der Waals surface area contributed by atoms with Crippen molar-refractivity contribution in [3.63, 3.8) is 0 Å². The number of halogens is 1. The van der Waals surface area contributed by atoms with Gasteiger partial charge in [-0.05, 0) is 50.1 Å². The van der Waals surface area contributed by atoms with Gasteiger partial charge < -0.3 is 5.11 Å². The van der Waals surface area contributed by atoms with Crippen LogP contribution in [0.5, 0.6) is 0 Å². The van der Waals surface area contributed by atoms with Gasteiger partial charge in [0.1, 0.15) is 5.82 Å². The second-order valence-electron chi connectivity index (χ2n) is 5.49. The van der Waals surface area contributed by atoms with Crippen LogP contribution in [0.1, 0.15) is 43.0 Å². The standard InChI is InChI=1S/C16H22FNO2/c1-2-15(19)11-18-9-3-4-14(18)10-16(20)12-5-7-13(17)8-6-12/h5-8,14-15,19H,2-4,9-11H2,1H3/t14?,15-/m1/s1. The highest BCUT2D eigenvalue weighted by molar-refractivity contribution is 5.96. The van der Waals surface area contributed by atoms with E-state index < -0.39 is 0 Å². The zero-order chi connectivity index (χ0) is 14.5. The van der Waals surface area contributed by atoms with Crippen molar-refractivity contribution < 1.29 is 14.3 Å². The van der Waals surface area contributed by atoms with E-state index in [2.05, 4.69) is 4.90 Å². The first kappa shape index (κ1) is 15.1. The number of nitrogens with zero attached hydrogens (tertiary/aromatic N) is 1. The molecule has 1 aliphatic heterocycles. The Morgan fingerprint density at radius 1 is 1.45 bits per heavy atom. The van der Waals surface area contributed by atoms with Crippen molar-refractivity contribution in [2.45, 2.75) is 44.8 Å². The number of benzene rings is 1. The molecule has 1 aliphatic rings. The molecule has 1 heterocycles. The summed E-state index contributed by atoms with van der Waals surface area (Å²) in [6, 6.07) is 5.92. The highest BCUT2D eigenvalue weighted by atomic mass is 19.1. The summed E-state index contributed by atoms with van der Waals surface area (Å²) < 4.78 is 12.9. The third-order valence-corrected chi connectivity index (χ3v) is 4.00. The molecule has 3 nitrogen and oxygen atoms in total. The van der Waals surface area contributed by atoms with Gasteiger partial charge in [-0.15, -0.1) is 0 Å². The number of rotatable bonds is 6. The average Bonchev–Trinajstić information content (AvgIpc) is 2.86. The number of carbonyl (C=O) groups is 1. The van der Waals surface area contributed by atoms with E-state index in [1.807, 2.05) is 6.92 Å². The first-order chi connectivity index (χ1) is 9.60. The van der Waals surface area contributed by atoms with Crippen LogP contribution in [-0.4, -0.2) is 41.0 Å². The Bertz CT molecular complexity index is 446. The molecule has 0 saturated carbocycles. The molecule has 0 aliphatic carbocycles. The first-order valence-corrected chi connectivity index (χ1v) is 7.31. The van der Waals surface area contributed by atoms with Crippen LogP contribution in [0.2, 0.25) is 0 Å². The molecule has 0 amide bonds. The van der Waals surface area contributed by atoms with Crippen LogP contribution in [0.3, 0.4) is 0 Å². The minimum atomic E-state index is -0.324. The number of ketones is 1. The molecule has 0 radical (unpaired) electrons. The summed E-state index contributed by atoms with van der Waals surface area (Å²) in [5.41, 5.74) is 0.564. The fourth-order valence-corrected chi connectivity index (χ4v) is 2.73. The van der Waals surface area contributed by atoms with E-state index >= 15 is 0 Å². The smallest absolute Gasteiger partial charge is 0.164 e. The van der Waals surface area contributed by atoms with Crippen molar-refractivity contribution in [1.82, 2.24) is 4.90 Å². The number of aliphatic hydroxyl groups excluding tert-OH is 1. The Labute approximate surface area is 119 Å². The van der Waals surface area contributed by atoms with E-state index in [-0.39, 0.29) is 23.7 Å². The van der Waals surface area contributed by atoms with Gasteiger partial charge in [-0.3, -0.25) is 9.69 Å². The number of hydrogen-bond acceptors (Lipinski definition) is 3. The molecular formula is C16H22FNO2. The van der Waals surface area contributed by atoms with Gasteiger partial charge in [0.25, 0.3) is 0 Å². The molecule has 1 saturated heterocycles. The van der Waals surface area contributed by atoms with E-state index in [9.17, 15) is 14.3 Å². The maximum atomic E-state index is 12.9. The largest absolute Gasteiger partial charge is 0.392 e. The minimum absolute atomic E-state index is 0.0490. The monoisotopic (exact) mass is 279 g/mol. The van der Waals surface area contributed by atoms with E-state index in [4.69, 9.17) is 0 Å². The molecule has 4 heteroatoms. The summed E-state index contributed by atoms with van der Waals surface area (Å²) in [6.45, 7) is 3.54. The molecule has 1 unspecified atom stereocenters. The summed E-state index contributed by atoms with van der Waals surface area (Å²) in [4.78, 5) is 14.4. The molecule has 1 aromatic carbocycles. The van der Waals surface area contributed by atoms with Gasteiger partial charge in [0, 0.05) is 24.6 Å². The zero-order valence-corrected chi connectivity index (χ0v) is 11.9. The van der Waals surface area contributed by atoms with Crippen LogP contribution in [-0.2, 0) is 0 Å². The fraction of sp³-hybridized carbons (Fsp3) is 0.562. The van der Waals surface area contributed by atoms with Gasteiger partial charge in [0.2, 0.25) is 0 Å². The molecule has 0 spiro atoms. The van der Waals surface area contributed by atoms with Crippen LogP contribution in [0.15, 0.2) is 24.3 Å². The Balaban J connectivity index is 1.94. The van der Waals surface area contributed by atoms with Crippen molar-refractivity contribution in [3.05, 3.63) is 35.6 Å². The van der Waals surface area contributed by atoms with Crippen LogP contribution in [0.25, 0.3) is 0 Å². The third-order valence-electron chi connectivity index (χ3n) is 4.00. The fourth-order valence-electron chi connectivity index (χ4n) is 2.73. The van der Waals surface area contributed by atoms with Crippen LogP contribution in [0.4, 0.5) is 4.39 Å². The molecule has 0 bridgehead atoms. The Kier molecular flexibility index (Phi) is 5.26. The third kappa shape index (κ3) is 3.87. The summed E-state index contributed by atoms with van der Waals surface area (Å²) >= 11 is 0. The molecule has 1 N–H and O–H groups in total. The van der Waals surface area contributed by atoms with Crippen molar-refractivity contribution in [3.8, 4) is 0 Å². The van der Waals surface area contributed by atoms with E-state index in [0.29, 0.717) is 18.5 Å². The Morgan fingerprint density at radius 2 is 2.15 bits per heavy atom. The first-order valence-electron chi connectivity index (χ1n) is 7.31. The maximum absolute atomic E-state index is 12.9. The maximum Gasteiger partial charge on any atom is 0.164 e. The Hall–Kier alpha value is -1.26. The predicted octanol–water partition coefficient (Wildman–Crippen LogP) is 2.63. The van der Waals surface area contributed by atoms with Crippen molar-refractivity contribution in [2.24, 2.45) is 0 Å². The molecule has 2 atom stereocenters. The summed E-state index contributed by atoms with van der Waals surface area (Å²) in [7, 11) is 0. The Morgan fingerprint density at radius 3 is 2.80 bits per heavy atom. The molecule has 1 fully saturated rings. The SMILES string of the molecule is CC[C@@H](O)CN1CCCC1CC(=O)c1ccc(F)cc1. The van der Waals surface area contributed by atoms with Gasteiger partial charge >= 0.3 is 0 Å². The lowest BCUT2D eigenvalue weighted by atomic mass is 10.0.